The lowest BCUT2D eigenvalue weighted by atomic mass is 9.83. The van der Waals surface area contributed by atoms with Crippen LogP contribution in [-0.2, 0) is 16.6 Å². The molecule has 3 rings (SSSR count). The fourth-order valence-electron chi connectivity index (χ4n) is 2.95. The highest BCUT2D eigenvalue weighted by Gasteiger charge is 2.35. The van der Waals surface area contributed by atoms with Crippen molar-refractivity contribution in [2.45, 2.75) is 31.3 Å². The number of benzene rings is 1. The van der Waals surface area contributed by atoms with Crippen LogP contribution >= 0.6 is 0 Å². The lowest BCUT2D eigenvalue weighted by Crippen LogP contribution is -2.33. The van der Waals surface area contributed by atoms with Crippen molar-refractivity contribution in [3.8, 4) is 0 Å². The summed E-state index contributed by atoms with van der Waals surface area (Å²) in [5.41, 5.74) is 1.46. The molecular weight excluding hydrogens is 280 g/mol. The van der Waals surface area contributed by atoms with Crippen LogP contribution in [0.25, 0.3) is 0 Å². The summed E-state index contributed by atoms with van der Waals surface area (Å²) in [7, 11) is 1.84. The summed E-state index contributed by atoms with van der Waals surface area (Å²) in [5.74, 6) is -0.258. The molecule has 0 spiro atoms. The number of carbonyl (C=O) groups excluding carboxylic acids is 2. The minimum absolute atomic E-state index is 0.124. The van der Waals surface area contributed by atoms with Gasteiger partial charge in [0.1, 0.15) is 11.9 Å². The van der Waals surface area contributed by atoms with E-state index in [-0.39, 0.29) is 23.8 Å². The zero-order chi connectivity index (χ0) is 15.5. The number of Topliss-reactive ketones (excluding diaryl/α,β-unsaturated/α-hetero) is 1. The van der Waals surface area contributed by atoms with Gasteiger partial charge in [0.2, 0.25) is 0 Å². The van der Waals surface area contributed by atoms with Gasteiger partial charge < -0.3 is 4.74 Å². The smallest absolute Gasteiger partial charge is 0.338 e. The second-order valence-electron chi connectivity index (χ2n) is 5.58. The molecule has 2 atom stereocenters. The van der Waals surface area contributed by atoms with Gasteiger partial charge in [-0.15, -0.1) is 0 Å². The first kappa shape index (κ1) is 14.5. The standard InChI is InChI=1S/C17H18N2O3/c1-19-15(9-10-18-19)14-11-13(20)7-8-16(14)22-17(21)12-5-3-2-4-6-12/h2-6,9-10,14,16H,7-8,11H2,1H3. The largest absolute Gasteiger partial charge is 0.458 e. The van der Waals surface area contributed by atoms with Crippen LogP contribution in [0.2, 0.25) is 0 Å². The first-order valence-corrected chi connectivity index (χ1v) is 7.41. The Balaban J connectivity index is 1.80. The highest BCUT2D eigenvalue weighted by Crippen LogP contribution is 2.33. The topological polar surface area (TPSA) is 61.2 Å². The summed E-state index contributed by atoms with van der Waals surface area (Å²) in [6.07, 6.45) is 2.83. The van der Waals surface area contributed by atoms with E-state index >= 15 is 0 Å². The lowest BCUT2D eigenvalue weighted by Gasteiger charge is -2.30. The first-order chi connectivity index (χ1) is 10.6. The molecule has 114 valence electrons. The van der Waals surface area contributed by atoms with E-state index in [1.807, 2.05) is 19.2 Å². The zero-order valence-electron chi connectivity index (χ0n) is 12.4. The summed E-state index contributed by atoms with van der Waals surface area (Å²) in [6, 6.07) is 10.8. The van der Waals surface area contributed by atoms with Gasteiger partial charge in [-0.1, -0.05) is 18.2 Å². The quantitative estimate of drug-likeness (QED) is 0.817. The number of hydrogen-bond donors (Lipinski definition) is 0. The summed E-state index contributed by atoms with van der Waals surface area (Å²) >= 11 is 0. The minimum Gasteiger partial charge on any atom is -0.458 e. The number of ketones is 1. The SMILES string of the molecule is Cn1nccc1C1CC(=O)CCC1OC(=O)c1ccccc1. The number of carbonyl (C=O) groups is 2. The number of aryl methyl sites for hydroxylation is 1. The molecule has 0 bridgehead atoms. The summed E-state index contributed by atoms with van der Waals surface area (Å²) in [6.45, 7) is 0. The number of rotatable bonds is 3. The summed E-state index contributed by atoms with van der Waals surface area (Å²) < 4.78 is 7.43. The molecule has 1 aromatic carbocycles. The summed E-state index contributed by atoms with van der Waals surface area (Å²) in [5, 5.41) is 4.15. The van der Waals surface area contributed by atoms with Crippen molar-refractivity contribution in [3.63, 3.8) is 0 Å². The predicted octanol–water partition coefficient (Wildman–Crippen LogP) is 2.48. The van der Waals surface area contributed by atoms with Gasteiger partial charge in [-0.3, -0.25) is 9.48 Å². The van der Waals surface area contributed by atoms with Crippen LogP contribution in [0.15, 0.2) is 42.6 Å². The molecule has 1 saturated carbocycles. The maximum atomic E-state index is 12.3. The van der Waals surface area contributed by atoms with Crippen molar-refractivity contribution in [3.05, 3.63) is 53.9 Å². The predicted molar refractivity (Wildman–Crippen MR) is 80.5 cm³/mol. The van der Waals surface area contributed by atoms with Crippen LogP contribution in [0.3, 0.4) is 0 Å². The van der Waals surface area contributed by atoms with Gasteiger partial charge in [-0.2, -0.15) is 5.10 Å². The molecule has 2 aromatic rings. The monoisotopic (exact) mass is 298 g/mol. The summed E-state index contributed by atoms with van der Waals surface area (Å²) in [4.78, 5) is 24.1. The molecule has 22 heavy (non-hydrogen) atoms. The lowest BCUT2D eigenvalue weighted by molar-refractivity contribution is -0.123. The second kappa shape index (κ2) is 6.13. The van der Waals surface area contributed by atoms with Crippen LogP contribution in [0, 0.1) is 0 Å². The van der Waals surface area contributed by atoms with Gasteiger partial charge in [0.15, 0.2) is 0 Å². The highest BCUT2D eigenvalue weighted by molar-refractivity contribution is 5.89. The van der Waals surface area contributed by atoms with Gasteiger partial charge in [0, 0.05) is 37.7 Å². The van der Waals surface area contributed by atoms with Crippen LogP contribution < -0.4 is 0 Å². The van der Waals surface area contributed by atoms with Crippen LogP contribution in [0.1, 0.15) is 41.2 Å². The van der Waals surface area contributed by atoms with Crippen molar-refractivity contribution in [1.29, 1.82) is 0 Å². The zero-order valence-corrected chi connectivity index (χ0v) is 12.4. The Hall–Kier alpha value is -2.43. The number of hydrogen-bond acceptors (Lipinski definition) is 4. The fraction of sp³-hybridized carbons (Fsp3) is 0.353. The first-order valence-electron chi connectivity index (χ1n) is 7.41. The fourth-order valence-corrected chi connectivity index (χ4v) is 2.95. The Morgan fingerprint density at radius 1 is 1.27 bits per heavy atom. The van der Waals surface area contributed by atoms with Crippen molar-refractivity contribution < 1.29 is 14.3 Å². The maximum absolute atomic E-state index is 12.3. The Bertz CT molecular complexity index is 678. The van der Waals surface area contributed by atoms with E-state index in [1.54, 1.807) is 35.1 Å². The Morgan fingerprint density at radius 3 is 2.73 bits per heavy atom. The van der Waals surface area contributed by atoms with Crippen LogP contribution in [0.4, 0.5) is 0 Å². The number of nitrogens with zero attached hydrogens (tertiary/aromatic N) is 2. The van der Waals surface area contributed by atoms with Crippen molar-refractivity contribution in [2.75, 3.05) is 0 Å². The van der Waals surface area contributed by atoms with E-state index in [1.165, 1.54) is 0 Å². The molecular formula is C17H18N2O3. The molecule has 1 aliphatic carbocycles. The van der Waals surface area contributed by atoms with E-state index in [4.69, 9.17) is 4.74 Å². The molecule has 5 heteroatoms. The van der Waals surface area contributed by atoms with Crippen molar-refractivity contribution in [2.24, 2.45) is 7.05 Å². The third kappa shape index (κ3) is 2.93. The molecule has 0 radical (unpaired) electrons. The molecule has 1 heterocycles. The molecule has 2 unspecified atom stereocenters. The minimum atomic E-state index is -0.341. The molecule has 1 aliphatic rings. The Kier molecular flexibility index (Phi) is 4.04. The van der Waals surface area contributed by atoms with E-state index in [0.29, 0.717) is 24.8 Å². The molecule has 1 fully saturated rings. The van der Waals surface area contributed by atoms with Crippen LogP contribution in [-0.4, -0.2) is 27.6 Å². The van der Waals surface area contributed by atoms with Gasteiger partial charge in [0.05, 0.1) is 5.56 Å². The Morgan fingerprint density at radius 2 is 2.05 bits per heavy atom. The Labute approximate surface area is 128 Å². The van der Waals surface area contributed by atoms with Gasteiger partial charge in [0.25, 0.3) is 0 Å². The van der Waals surface area contributed by atoms with Crippen molar-refractivity contribution in [1.82, 2.24) is 9.78 Å². The van der Waals surface area contributed by atoms with Gasteiger partial charge in [-0.05, 0) is 24.6 Å². The average Bonchev–Trinajstić information content (AvgIpc) is 2.96. The average molecular weight is 298 g/mol. The van der Waals surface area contributed by atoms with E-state index in [2.05, 4.69) is 5.10 Å². The van der Waals surface area contributed by atoms with Gasteiger partial charge >= 0.3 is 5.97 Å². The molecule has 0 aliphatic heterocycles. The molecule has 5 nitrogen and oxygen atoms in total. The second-order valence-corrected chi connectivity index (χ2v) is 5.58. The third-order valence-electron chi connectivity index (χ3n) is 4.11. The maximum Gasteiger partial charge on any atom is 0.338 e. The van der Waals surface area contributed by atoms with E-state index in [0.717, 1.165) is 5.69 Å². The highest BCUT2D eigenvalue weighted by atomic mass is 16.5. The van der Waals surface area contributed by atoms with E-state index < -0.39 is 0 Å². The molecule has 0 N–H and O–H groups in total. The van der Waals surface area contributed by atoms with E-state index in [9.17, 15) is 9.59 Å². The van der Waals surface area contributed by atoms with Crippen molar-refractivity contribution >= 4 is 11.8 Å². The molecule has 1 aromatic heterocycles. The van der Waals surface area contributed by atoms with Gasteiger partial charge in [-0.25, -0.2) is 4.79 Å². The van der Waals surface area contributed by atoms with Crippen LogP contribution in [0.5, 0.6) is 0 Å². The molecule has 0 saturated heterocycles. The molecule has 0 amide bonds. The normalized spacial score (nSPS) is 21.6. The number of ether oxygens (including phenoxy) is 1. The third-order valence-corrected chi connectivity index (χ3v) is 4.11. The number of aromatic nitrogens is 2. The number of esters is 1.